The molecule has 2 rings (SSSR count). The van der Waals surface area contributed by atoms with Crippen molar-refractivity contribution in [3.63, 3.8) is 0 Å². The van der Waals surface area contributed by atoms with Crippen LogP contribution in [0.2, 0.25) is 0 Å². The molecule has 1 aromatic heterocycles. The zero-order valence-electron chi connectivity index (χ0n) is 10.4. The van der Waals surface area contributed by atoms with Crippen molar-refractivity contribution in [3.8, 4) is 0 Å². The molecule has 0 aliphatic rings. The first-order chi connectivity index (χ1) is 9.77. The number of alkyl halides is 3. The number of nitro groups is 1. The van der Waals surface area contributed by atoms with Crippen LogP contribution >= 0.6 is 0 Å². The molecule has 0 radical (unpaired) electrons. The number of nitro benzene ring substituents is 1. The smallest absolute Gasteiger partial charge is 0.284 e. The molecule has 0 bridgehead atoms. The molecule has 0 atom stereocenters. The minimum Gasteiger partial charge on any atom is -0.284 e. The van der Waals surface area contributed by atoms with Crippen LogP contribution in [-0.4, -0.2) is 26.7 Å². The highest BCUT2D eigenvalue weighted by Gasteiger charge is 2.39. The van der Waals surface area contributed by atoms with Crippen LogP contribution in [0, 0.1) is 10.1 Å². The summed E-state index contributed by atoms with van der Waals surface area (Å²) in [5, 5.41) is 14.3. The van der Waals surface area contributed by atoms with Gasteiger partial charge in [0, 0.05) is 18.3 Å². The van der Waals surface area contributed by atoms with E-state index >= 15 is 0 Å². The first-order valence-corrected chi connectivity index (χ1v) is 5.64. The SMILES string of the molecule is O=C(c1cnn(Cc2cccc([N+](=O)[O-])c2)c1)C(F)(F)F. The van der Waals surface area contributed by atoms with Crippen molar-refractivity contribution in [2.24, 2.45) is 0 Å². The predicted octanol–water partition coefficient (Wildman–Crippen LogP) is 2.58. The summed E-state index contributed by atoms with van der Waals surface area (Å²) in [5.41, 5.74) is -0.225. The van der Waals surface area contributed by atoms with Crippen molar-refractivity contribution in [2.75, 3.05) is 0 Å². The Morgan fingerprint density at radius 3 is 2.71 bits per heavy atom. The zero-order chi connectivity index (χ0) is 15.6. The van der Waals surface area contributed by atoms with Gasteiger partial charge in [0.2, 0.25) is 0 Å². The molecular weight excluding hydrogens is 291 g/mol. The van der Waals surface area contributed by atoms with Gasteiger partial charge in [-0.05, 0) is 5.56 Å². The maximum atomic E-state index is 12.3. The van der Waals surface area contributed by atoms with E-state index in [4.69, 9.17) is 0 Å². The highest BCUT2D eigenvalue weighted by molar-refractivity contribution is 5.99. The average Bonchev–Trinajstić information content (AvgIpc) is 2.85. The van der Waals surface area contributed by atoms with Crippen LogP contribution in [0.1, 0.15) is 15.9 Å². The molecular formula is C12H8F3N3O3. The van der Waals surface area contributed by atoms with Gasteiger partial charge in [0.1, 0.15) is 0 Å². The monoisotopic (exact) mass is 299 g/mol. The first-order valence-electron chi connectivity index (χ1n) is 5.64. The van der Waals surface area contributed by atoms with Gasteiger partial charge in [-0.25, -0.2) is 0 Å². The van der Waals surface area contributed by atoms with Crippen molar-refractivity contribution >= 4 is 11.5 Å². The van der Waals surface area contributed by atoms with Crippen LogP contribution < -0.4 is 0 Å². The Kier molecular flexibility index (Phi) is 3.74. The molecule has 0 aliphatic heterocycles. The molecule has 9 heteroatoms. The van der Waals surface area contributed by atoms with Crippen LogP contribution in [0.25, 0.3) is 0 Å². The lowest BCUT2D eigenvalue weighted by atomic mass is 10.2. The summed E-state index contributed by atoms with van der Waals surface area (Å²) in [6.07, 6.45) is -3.19. The predicted molar refractivity (Wildman–Crippen MR) is 64.8 cm³/mol. The minimum atomic E-state index is -4.96. The van der Waals surface area contributed by atoms with Crippen molar-refractivity contribution in [2.45, 2.75) is 12.7 Å². The summed E-state index contributed by atoms with van der Waals surface area (Å²) < 4.78 is 37.9. The lowest BCUT2D eigenvalue weighted by molar-refractivity contribution is -0.384. The van der Waals surface area contributed by atoms with Crippen LogP contribution in [0.15, 0.2) is 36.7 Å². The maximum absolute atomic E-state index is 12.3. The molecule has 0 unspecified atom stereocenters. The molecule has 0 saturated heterocycles. The van der Waals surface area contributed by atoms with Gasteiger partial charge in [-0.3, -0.25) is 19.6 Å². The molecule has 1 aromatic carbocycles. The Morgan fingerprint density at radius 1 is 1.38 bits per heavy atom. The number of hydrogen-bond acceptors (Lipinski definition) is 4. The van der Waals surface area contributed by atoms with Crippen LogP contribution in [0.4, 0.5) is 18.9 Å². The molecule has 6 nitrogen and oxygen atoms in total. The van der Waals surface area contributed by atoms with Gasteiger partial charge >= 0.3 is 6.18 Å². The molecule has 0 spiro atoms. The number of carbonyl (C=O) groups excluding carboxylic acids is 1. The van der Waals surface area contributed by atoms with E-state index in [0.717, 1.165) is 17.1 Å². The molecule has 0 aliphatic carbocycles. The summed E-state index contributed by atoms with van der Waals surface area (Å²) in [6.45, 7) is 0.0207. The Balaban J connectivity index is 2.18. The van der Waals surface area contributed by atoms with E-state index in [1.54, 1.807) is 6.07 Å². The average molecular weight is 299 g/mol. The van der Waals surface area contributed by atoms with E-state index in [1.807, 2.05) is 0 Å². The quantitative estimate of drug-likeness (QED) is 0.494. The minimum absolute atomic E-state index is 0.0207. The van der Waals surface area contributed by atoms with Gasteiger partial charge in [-0.1, -0.05) is 12.1 Å². The second kappa shape index (κ2) is 5.35. The number of nitrogens with zero attached hydrogens (tertiary/aromatic N) is 3. The van der Waals surface area contributed by atoms with Crippen molar-refractivity contribution in [1.29, 1.82) is 0 Å². The molecule has 110 valence electrons. The molecule has 21 heavy (non-hydrogen) atoms. The van der Waals surface area contributed by atoms with E-state index in [0.29, 0.717) is 5.56 Å². The van der Waals surface area contributed by atoms with Crippen molar-refractivity contribution < 1.29 is 22.9 Å². The lowest BCUT2D eigenvalue weighted by Crippen LogP contribution is -2.22. The number of halogens is 3. The Hall–Kier alpha value is -2.71. The highest BCUT2D eigenvalue weighted by atomic mass is 19.4. The van der Waals surface area contributed by atoms with E-state index in [9.17, 15) is 28.1 Å². The summed E-state index contributed by atoms with van der Waals surface area (Å²) in [4.78, 5) is 21.1. The van der Waals surface area contributed by atoms with Gasteiger partial charge in [-0.2, -0.15) is 18.3 Å². The van der Waals surface area contributed by atoms with Crippen LogP contribution in [0.3, 0.4) is 0 Å². The molecule has 0 N–H and O–H groups in total. The number of Topliss-reactive ketones (excluding diaryl/α,β-unsaturated/α-hetero) is 1. The second-order valence-electron chi connectivity index (χ2n) is 4.18. The fourth-order valence-electron chi connectivity index (χ4n) is 1.69. The van der Waals surface area contributed by atoms with Crippen molar-refractivity contribution in [3.05, 3.63) is 57.9 Å². The van der Waals surface area contributed by atoms with Gasteiger partial charge in [0.25, 0.3) is 11.5 Å². The maximum Gasteiger partial charge on any atom is 0.454 e. The van der Waals surface area contributed by atoms with E-state index in [2.05, 4.69) is 5.10 Å². The normalized spacial score (nSPS) is 11.4. The summed E-state index contributed by atoms with van der Waals surface area (Å²) in [7, 11) is 0. The molecule has 0 fully saturated rings. The summed E-state index contributed by atoms with van der Waals surface area (Å²) >= 11 is 0. The first kappa shape index (κ1) is 14.7. The molecule has 2 aromatic rings. The van der Waals surface area contributed by atoms with Gasteiger partial charge < -0.3 is 0 Å². The van der Waals surface area contributed by atoms with Crippen LogP contribution in [0.5, 0.6) is 0 Å². The third-order valence-electron chi connectivity index (χ3n) is 2.62. The van der Waals surface area contributed by atoms with E-state index in [-0.39, 0.29) is 12.2 Å². The third-order valence-corrected chi connectivity index (χ3v) is 2.62. The Labute approximate surface area is 116 Å². The number of carbonyl (C=O) groups is 1. The second-order valence-corrected chi connectivity index (χ2v) is 4.18. The Morgan fingerprint density at radius 2 is 2.10 bits per heavy atom. The fraction of sp³-hybridized carbons (Fsp3) is 0.167. The number of ketones is 1. The fourth-order valence-corrected chi connectivity index (χ4v) is 1.69. The van der Waals surface area contributed by atoms with Crippen LogP contribution in [-0.2, 0) is 6.54 Å². The van der Waals surface area contributed by atoms with Gasteiger partial charge in [-0.15, -0.1) is 0 Å². The number of aromatic nitrogens is 2. The summed E-state index contributed by atoms with van der Waals surface area (Å²) in [6, 6.07) is 5.61. The van der Waals surface area contributed by atoms with E-state index in [1.165, 1.54) is 18.2 Å². The van der Waals surface area contributed by atoms with Gasteiger partial charge in [0.15, 0.2) is 0 Å². The van der Waals surface area contributed by atoms with Gasteiger partial charge in [0.05, 0.1) is 23.2 Å². The largest absolute Gasteiger partial charge is 0.454 e. The highest BCUT2D eigenvalue weighted by Crippen LogP contribution is 2.21. The van der Waals surface area contributed by atoms with Crippen molar-refractivity contribution in [1.82, 2.24) is 9.78 Å². The number of non-ortho nitro benzene ring substituents is 1. The zero-order valence-corrected chi connectivity index (χ0v) is 10.4. The standard InChI is InChI=1S/C12H8F3N3O3/c13-12(14,15)11(19)9-5-16-17(7-9)6-8-2-1-3-10(4-8)18(20)21/h1-5,7H,6H2. The molecule has 1 heterocycles. The number of rotatable bonds is 4. The molecule has 0 amide bonds. The topological polar surface area (TPSA) is 78.0 Å². The Bertz CT molecular complexity index is 694. The number of benzene rings is 1. The van der Waals surface area contributed by atoms with E-state index < -0.39 is 22.4 Å². The third kappa shape index (κ3) is 3.44. The number of hydrogen-bond donors (Lipinski definition) is 0. The lowest BCUT2D eigenvalue weighted by Gasteiger charge is -2.02. The summed E-state index contributed by atoms with van der Waals surface area (Å²) in [5.74, 6) is -1.98. The molecule has 0 saturated carbocycles.